The summed E-state index contributed by atoms with van der Waals surface area (Å²) in [5, 5.41) is 3.30. The van der Waals surface area contributed by atoms with Gasteiger partial charge in [0.1, 0.15) is 5.75 Å². The second kappa shape index (κ2) is 6.66. The number of benzene rings is 1. The van der Waals surface area contributed by atoms with Crippen LogP contribution in [0.25, 0.3) is 0 Å². The van der Waals surface area contributed by atoms with Crippen molar-refractivity contribution in [3.05, 3.63) is 29.8 Å². The Morgan fingerprint density at radius 3 is 2.57 bits per heavy atom. The third kappa shape index (κ3) is 4.61. The van der Waals surface area contributed by atoms with E-state index in [9.17, 15) is 13.2 Å². The summed E-state index contributed by atoms with van der Waals surface area (Å²) in [6.45, 7) is 2.67. The van der Waals surface area contributed by atoms with Crippen molar-refractivity contribution in [2.75, 3.05) is 13.7 Å². The van der Waals surface area contributed by atoms with Crippen LogP contribution in [0.3, 0.4) is 0 Å². The van der Waals surface area contributed by atoms with Crippen molar-refractivity contribution in [2.45, 2.75) is 38.3 Å². The molecule has 0 radical (unpaired) electrons. The van der Waals surface area contributed by atoms with Gasteiger partial charge in [-0.15, -0.1) is 13.2 Å². The minimum absolute atomic E-state index is 0.0360. The Morgan fingerprint density at radius 1 is 1.33 bits per heavy atom. The maximum atomic E-state index is 12.3. The number of halogens is 3. The highest BCUT2D eigenvalue weighted by molar-refractivity contribution is 5.31. The van der Waals surface area contributed by atoms with E-state index in [4.69, 9.17) is 4.74 Å². The Labute approximate surface area is 122 Å². The van der Waals surface area contributed by atoms with Gasteiger partial charge in [0.25, 0.3) is 0 Å². The monoisotopic (exact) mass is 303 g/mol. The molecule has 1 aliphatic carbocycles. The van der Waals surface area contributed by atoms with Crippen LogP contribution in [0.2, 0.25) is 0 Å². The molecule has 1 aromatic rings. The molecule has 6 heteroatoms. The molecule has 2 unspecified atom stereocenters. The van der Waals surface area contributed by atoms with Crippen LogP contribution in [0, 0.1) is 5.92 Å². The maximum absolute atomic E-state index is 12.3. The average Bonchev–Trinajstić information content (AvgIpc) is 3.21. The number of nitrogens with one attached hydrogen (secondary N) is 1. The molecule has 1 N–H and O–H groups in total. The van der Waals surface area contributed by atoms with Crippen molar-refractivity contribution in [1.82, 2.24) is 5.32 Å². The molecule has 1 saturated carbocycles. The molecule has 21 heavy (non-hydrogen) atoms. The zero-order valence-corrected chi connectivity index (χ0v) is 12.1. The number of hydrogen-bond donors (Lipinski definition) is 1. The SMILES string of the molecule is CCNC(c1cccc(OC(F)(F)F)c1)C(OC)C1CC1. The molecule has 1 aliphatic rings. The lowest BCUT2D eigenvalue weighted by atomic mass is 9.97. The summed E-state index contributed by atoms with van der Waals surface area (Å²) in [5.41, 5.74) is 0.748. The molecule has 1 fully saturated rings. The Balaban J connectivity index is 2.21. The summed E-state index contributed by atoms with van der Waals surface area (Å²) in [7, 11) is 1.64. The molecule has 0 saturated heterocycles. The Hall–Kier alpha value is -1.27. The molecular weight excluding hydrogens is 283 g/mol. The van der Waals surface area contributed by atoms with E-state index >= 15 is 0 Å². The first-order chi connectivity index (χ1) is 9.94. The molecule has 2 atom stereocenters. The molecule has 3 nitrogen and oxygen atoms in total. The summed E-state index contributed by atoms with van der Waals surface area (Å²) < 4.78 is 46.5. The third-order valence-electron chi connectivity index (χ3n) is 3.56. The van der Waals surface area contributed by atoms with Crippen molar-refractivity contribution in [1.29, 1.82) is 0 Å². The fraction of sp³-hybridized carbons (Fsp3) is 0.600. The second-order valence-corrected chi connectivity index (χ2v) is 5.19. The highest BCUT2D eigenvalue weighted by Crippen LogP contribution is 2.40. The number of rotatable bonds is 7. The quantitative estimate of drug-likeness (QED) is 0.834. The largest absolute Gasteiger partial charge is 0.573 e. The fourth-order valence-corrected chi connectivity index (χ4v) is 2.57. The standard InChI is InChI=1S/C15H20F3NO2/c1-3-19-13(14(20-2)10-7-8-10)11-5-4-6-12(9-11)21-15(16,17)18/h4-6,9-10,13-14,19H,3,7-8H2,1-2H3. The number of hydrogen-bond acceptors (Lipinski definition) is 3. The highest BCUT2D eigenvalue weighted by atomic mass is 19.4. The smallest absolute Gasteiger partial charge is 0.406 e. The predicted molar refractivity (Wildman–Crippen MR) is 73.1 cm³/mol. The van der Waals surface area contributed by atoms with Crippen molar-refractivity contribution >= 4 is 0 Å². The lowest BCUT2D eigenvalue weighted by molar-refractivity contribution is -0.274. The Kier molecular flexibility index (Phi) is 5.11. The van der Waals surface area contributed by atoms with Crippen molar-refractivity contribution in [2.24, 2.45) is 5.92 Å². The van der Waals surface area contributed by atoms with Crippen LogP contribution in [0.5, 0.6) is 5.75 Å². The minimum Gasteiger partial charge on any atom is -0.406 e. The first-order valence-corrected chi connectivity index (χ1v) is 7.06. The van der Waals surface area contributed by atoms with Crippen LogP contribution < -0.4 is 10.1 Å². The zero-order chi connectivity index (χ0) is 15.5. The molecule has 0 heterocycles. The second-order valence-electron chi connectivity index (χ2n) is 5.19. The summed E-state index contributed by atoms with van der Waals surface area (Å²) in [6.07, 6.45) is -2.52. The molecule has 2 rings (SSSR count). The van der Waals surface area contributed by atoms with Crippen LogP contribution in [0.1, 0.15) is 31.4 Å². The number of likely N-dealkylation sites (N-methyl/N-ethyl adjacent to an activating group) is 1. The maximum Gasteiger partial charge on any atom is 0.573 e. The average molecular weight is 303 g/mol. The normalized spacial score (nSPS) is 18.3. The molecular formula is C15H20F3NO2. The van der Waals surface area contributed by atoms with Crippen molar-refractivity contribution in [3.8, 4) is 5.75 Å². The van der Waals surface area contributed by atoms with Crippen LogP contribution in [0.15, 0.2) is 24.3 Å². The van der Waals surface area contributed by atoms with E-state index in [1.807, 2.05) is 6.92 Å². The lowest BCUT2D eigenvalue weighted by Crippen LogP contribution is -2.34. The van der Waals surface area contributed by atoms with Gasteiger partial charge in [0.2, 0.25) is 0 Å². The van der Waals surface area contributed by atoms with Gasteiger partial charge in [0.05, 0.1) is 12.1 Å². The topological polar surface area (TPSA) is 30.5 Å². The molecule has 0 aromatic heterocycles. The highest BCUT2D eigenvalue weighted by Gasteiger charge is 2.37. The zero-order valence-electron chi connectivity index (χ0n) is 12.1. The summed E-state index contributed by atoms with van der Waals surface area (Å²) in [6, 6.07) is 5.96. The molecule has 0 aliphatic heterocycles. The van der Waals surface area contributed by atoms with Crippen molar-refractivity contribution in [3.63, 3.8) is 0 Å². The first-order valence-electron chi connectivity index (χ1n) is 7.06. The lowest BCUT2D eigenvalue weighted by Gasteiger charge is -2.27. The number of methoxy groups -OCH3 is 1. The van der Waals surface area contributed by atoms with E-state index in [-0.39, 0.29) is 17.9 Å². The third-order valence-corrected chi connectivity index (χ3v) is 3.56. The summed E-state index contributed by atoms with van der Waals surface area (Å²) in [5.74, 6) is 0.264. The van der Waals surface area contributed by atoms with Gasteiger partial charge in [-0.3, -0.25) is 0 Å². The van der Waals surface area contributed by atoms with E-state index < -0.39 is 6.36 Å². The predicted octanol–water partition coefficient (Wildman–Crippen LogP) is 3.66. The van der Waals surface area contributed by atoms with Gasteiger partial charge in [-0.25, -0.2) is 0 Å². The van der Waals surface area contributed by atoms with Gasteiger partial charge < -0.3 is 14.8 Å². The number of ether oxygens (including phenoxy) is 2. The molecule has 1 aromatic carbocycles. The van der Waals surface area contributed by atoms with Gasteiger partial charge in [-0.2, -0.15) is 0 Å². The van der Waals surface area contributed by atoms with Crippen LogP contribution in [-0.4, -0.2) is 26.1 Å². The Bertz CT molecular complexity index is 460. The van der Waals surface area contributed by atoms with E-state index in [0.29, 0.717) is 12.5 Å². The van der Waals surface area contributed by atoms with Crippen LogP contribution in [0.4, 0.5) is 13.2 Å². The van der Waals surface area contributed by atoms with Crippen LogP contribution in [-0.2, 0) is 4.74 Å². The Morgan fingerprint density at radius 2 is 2.05 bits per heavy atom. The van der Waals surface area contributed by atoms with E-state index in [1.165, 1.54) is 12.1 Å². The van der Waals surface area contributed by atoms with Gasteiger partial charge in [0.15, 0.2) is 0 Å². The van der Waals surface area contributed by atoms with Gasteiger partial charge in [0, 0.05) is 7.11 Å². The molecule has 0 spiro atoms. The molecule has 118 valence electrons. The minimum atomic E-state index is -4.68. The van der Waals surface area contributed by atoms with E-state index in [2.05, 4.69) is 10.1 Å². The summed E-state index contributed by atoms with van der Waals surface area (Å²) in [4.78, 5) is 0. The van der Waals surface area contributed by atoms with Gasteiger partial charge >= 0.3 is 6.36 Å². The van der Waals surface area contributed by atoms with Gasteiger partial charge in [-0.1, -0.05) is 19.1 Å². The van der Waals surface area contributed by atoms with E-state index in [1.54, 1.807) is 19.2 Å². The first kappa shape index (κ1) is 16.1. The van der Waals surface area contributed by atoms with Crippen LogP contribution >= 0.6 is 0 Å². The van der Waals surface area contributed by atoms with Gasteiger partial charge in [-0.05, 0) is 43.0 Å². The fourth-order valence-electron chi connectivity index (χ4n) is 2.57. The van der Waals surface area contributed by atoms with Crippen molar-refractivity contribution < 1.29 is 22.6 Å². The van der Waals surface area contributed by atoms with E-state index in [0.717, 1.165) is 18.4 Å². The molecule has 0 amide bonds. The number of alkyl halides is 3. The summed E-state index contributed by atoms with van der Waals surface area (Å²) >= 11 is 0. The molecule has 0 bridgehead atoms.